The van der Waals surface area contributed by atoms with E-state index in [1.807, 2.05) is 0 Å². The van der Waals surface area contributed by atoms with E-state index < -0.39 is 16.3 Å². The predicted molar refractivity (Wildman–Crippen MR) is 86.2 cm³/mol. The lowest BCUT2D eigenvalue weighted by atomic mass is 9.86. The third-order valence-electron chi connectivity index (χ3n) is 3.66. The zero-order chi connectivity index (χ0) is 17.5. The largest absolute Gasteiger partial charge is 0.461 e. The van der Waals surface area contributed by atoms with Crippen molar-refractivity contribution in [1.29, 1.82) is 0 Å². The second-order valence-electron chi connectivity index (χ2n) is 6.44. The molecule has 1 unspecified atom stereocenters. The third kappa shape index (κ3) is 6.18. The van der Waals surface area contributed by atoms with Gasteiger partial charge in [0.1, 0.15) is 12.9 Å². The quantitative estimate of drug-likeness (QED) is 0.299. The van der Waals surface area contributed by atoms with Gasteiger partial charge in [0.05, 0.1) is 15.9 Å². The molecule has 6 heteroatoms. The van der Waals surface area contributed by atoms with Gasteiger partial charge in [-0.3, -0.25) is 10.1 Å². The zero-order valence-electron chi connectivity index (χ0n) is 13.8. The number of non-ortho nitro benzene ring substituents is 1. The molecule has 0 aliphatic rings. The van der Waals surface area contributed by atoms with E-state index in [-0.39, 0.29) is 17.9 Å². The summed E-state index contributed by atoms with van der Waals surface area (Å²) in [5.74, 6) is -0.0228. The van der Waals surface area contributed by atoms with Crippen LogP contribution in [0.4, 0.5) is 5.69 Å². The Morgan fingerprint density at radius 2 is 1.96 bits per heavy atom. The summed E-state index contributed by atoms with van der Waals surface area (Å²) in [7, 11) is 0. The van der Waals surface area contributed by atoms with Gasteiger partial charge in [0, 0.05) is 12.1 Å². The maximum absolute atomic E-state index is 12.0. The van der Waals surface area contributed by atoms with Gasteiger partial charge in [0.15, 0.2) is 0 Å². The lowest BCUT2D eigenvalue weighted by Gasteiger charge is -2.23. The van der Waals surface area contributed by atoms with Gasteiger partial charge in [-0.15, -0.1) is 0 Å². The summed E-state index contributed by atoms with van der Waals surface area (Å²) < 4.78 is 5.20. The van der Waals surface area contributed by atoms with E-state index >= 15 is 0 Å². The fourth-order valence-electron chi connectivity index (χ4n) is 2.11. The highest BCUT2D eigenvalue weighted by Gasteiger charge is 2.26. The summed E-state index contributed by atoms with van der Waals surface area (Å²) in [4.78, 5) is 33.3. The highest BCUT2D eigenvalue weighted by molar-refractivity contribution is 5.89. The Morgan fingerprint density at radius 1 is 1.35 bits per heavy atom. The van der Waals surface area contributed by atoms with Crippen LogP contribution in [-0.4, -0.2) is 23.8 Å². The first-order valence-corrected chi connectivity index (χ1v) is 7.65. The number of nitro benzene ring substituents is 1. The smallest absolute Gasteiger partial charge is 0.338 e. The Morgan fingerprint density at radius 3 is 2.43 bits per heavy atom. The van der Waals surface area contributed by atoms with Crippen molar-refractivity contribution < 1.29 is 19.2 Å². The van der Waals surface area contributed by atoms with E-state index in [1.165, 1.54) is 24.3 Å². The first-order valence-electron chi connectivity index (χ1n) is 7.65. The number of hydrogen-bond acceptors (Lipinski definition) is 5. The Bertz CT molecular complexity index is 553. The average molecular weight is 321 g/mol. The third-order valence-corrected chi connectivity index (χ3v) is 3.66. The standard InChI is InChI=1S/C17H23NO5/c1-13(2)5-4-10-17(3,11-19)12-23-16(20)14-6-8-15(9-7-14)18(21)22/h6-9,11,13H,4-5,10,12H2,1-3H3. The highest BCUT2D eigenvalue weighted by atomic mass is 16.6. The molecule has 0 fully saturated rings. The van der Waals surface area contributed by atoms with Crippen molar-refractivity contribution in [1.82, 2.24) is 0 Å². The monoisotopic (exact) mass is 321 g/mol. The molecule has 6 nitrogen and oxygen atoms in total. The number of hydrogen-bond donors (Lipinski definition) is 0. The maximum atomic E-state index is 12.0. The number of rotatable bonds is 9. The molecule has 0 radical (unpaired) electrons. The maximum Gasteiger partial charge on any atom is 0.338 e. The van der Waals surface area contributed by atoms with Crippen molar-refractivity contribution in [2.45, 2.75) is 40.0 Å². The number of esters is 1. The number of ether oxygens (including phenoxy) is 1. The molecule has 0 aliphatic heterocycles. The van der Waals surface area contributed by atoms with Gasteiger partial charge in [-0.2, -0.15) is 0 Å². The first-order chi connectivity index (χ1) is 10.8. The van der Waals surface area contributed by atoms with E-state index in [0.717, 1.165) is 19.1 Å². The van der Waals surface area contributed by atoms with Crippen LogP contribution >= 0.6 is 0 Å². The SMILES string of the molecule is CC(C)CCCC(C)(C=O)COC(=O)c1ccc([N+](=O)[O-])cc1. The summed E-state index contributed by atoms with van der Waals surface area (Å²) >= 11 is 0. The minimum absolute atomic E-state index is 0.00438. The van der Waals surface area contributed by atoms with E-state index in [1.54, 1.807) is 6.92 Å². The molecule has 0 heterocycles. The van der Waals surface area contributed by atoms with Gasteiger partial charge in [0.2, 0.25) is 0 Å². The molecule has 0 saturated heterocycles. The molecule has 0 bridgehead atoms. The Labute approximate surface area is 136 Å². The van der Waals surface area contributed by atoms with Crippen molar-refractivity contribution in [2.75, 3.05) is 6.61 Å². The number of nitrogens with zero attached hydrogens (tertiary/aromatic N) is 1. The normalized spacial score (nSPS) is 13.4. The van der Waals surface area contributed by atoms with Crippen LogP contribution in [-0.2, 0) is 9.53 Å². The van der Waals surface area contributed by atoms with Crippen LogP contribution in [0.2, 0.25) is 0 Å². The fourth-order valence-corrected chi connectivity index (χ4v) is 2.11. The molecule has 126 valence electrons. The molecule has 0 spiro atoms. The molecule has 23 heavy (non-hydrogen) atoms. The molecule has 1 atom stereocenters. The molecule has 0 aliphatic carbocycles. The predicted octanol–water partition coefficient (Wildman–Crippen LogP) is 3.78. The summed E-state index contributed by atoms with van der Waals surface area (Å²) in [5, 5.41) is 10.6. The lowest BCUT2D eigenvalue weighted by Crippen LogP contribution is -2.27. The summed E-state index contributed by atoms with van der Waals surface area (Å²) in [5.41, 5.74) is -0.565. The number of benzene rings is 1. The minimum atomic E-state index is -0.703. The zero-order valence-corrected chi connectivity index (χ0v) is 13.8. The van der Waals surface area contributed by atoms with Gasteiger partial charge in [-0.25, -0.2) is 4.79 Å². The van der Waals surface area contributed by atoms with Crippen molar-refractivity contribution in [3.05, 3.63) is 39.9 Å². The summed E-state index contributed by atoms with van der Waals surface area (Å²) in [6.07, 6.45) is 3.39. The van der Waals surface area contributed by atoms with Gasteiger partial charge in [0.25, 0.3) is 5.69 Å². The van der Waals surface area contributed by atoms with Crippen LogP contribution in [0.1, 0.15) is 50.4 Å². The highest BCUT2D eigenvalue weighted by Crippen LogP contribution is 2.24. The molecule has 0 N–H and O–H groups in total. The Balaban J connectivity index is 2.58. The lowest BCUT2D eigenvalue weighted by molar-refractivity contribution is -0.384. The minimum Gasteiger partial charge on any atom is -0.461 e. The van der Waals surface area contributed by atoms with E-state index in [2.05, 4.69) is 13.8 Å². The van der Waals surface area contributed by atoms with Crippen molar-refractivity contribution in [2.24, 2.45) is 11.3 Å². The van der Waals surface area contributed by atoms with Crippen molar-refractivity contribution in [3.63, 3.8) is 0 Å². The number of carbonyl (C=O) groups excluding carboxylic acids is 2. The van der Waals surface area contributed by atoms with Gasteiger partial charge >= 0.3 is 5.97 Å². The molecular formula is C17H23NO5. The van der Waals surface area contributed by atoms with E-state index in [4.69, 9.17) is 4.74 Å². The van der Waals surface area contributed by atoms with Gasteiger partial charge in [-0.05, 0) is 31.4 Å². The molecule has 1 rings (SSSR count). The van der Waals surface area contributed by atoms with Crippen LogP contribution in [0, 0.1) is 21.4 Å². The van der Waals surface area contributed by atoms with Crippen molar-refractivity contribution >= 4 is 17.9 Å². The first kappa shape index (κ1) is 18.8. The molecule has 0 saturated carbocycles. The average Bonchev–Trinajstić information content (AvgIpc) is 2.52. The molecule has 0 aromatic heterocycles. The fraction of sp³-hybridized carbons (Fsp3) is 0.529. The summed E-state index contributed by atoms with van der Waals surface area (Å²) in [6.45, 7) is 6.01. The summed E-state index contributed by atoms with van der Waals surface area (Å²) in [6, 6.07) is 5.19. The van der Waals surface area contributed by atoms with Crippen LogP contribution in [0.15, 0.2) is 24.3 Å². The number of nitro groups is 1. The van der Waals surface area contributed by atoms with Gasteiger partial charge in [-0.1, -0.05) is 26.7 Å². The number of aldehydes is 1. The molecule has 1 aromatic carbocycles. The second kappa shape index (κ2) is 8.41. The van der Waals surface area contributed by atoms with Crippen LogP contribution in [0.5, 0.6) is 0 Å². The Hall–Kier alpha value is -2.24. The topological polar surface area (TPSA) is 86.5 Å². The van der Waals surface area contributed by atoms with Gasteiger partial charge < -0.3 is 9.53 Å². The van der Waals surface area contributed by atoms with Crippen molar-refractivity contribution in [3.8, 4) is 0 Å². The number of carbonyl (C=O) groups is 2. The second-order valence-corrected chi connectivity index (χ2v) is 6.44. The van der Waals surface area contributed by atoms with E-state index in [9.17, 15) is 19.7 Å². The van der Waals surface area contributed by atoms with Crippen LogP contribution in [0.3, 0.4) is 0 Å². The van der Waals surface area contributed by atoms with Crippen LogP contribution < -0.4 is 0 Å². The molecule has 0 amide bonds. The Kier molecular flexibility index (Phi) is 6.88. The molecule has 1 aromatic rings. The van der Waals surface area contributed by atoms with Crippen LogP contribution in [0.25, 0.3) is 0 Å². The van der Waals surface area contributed by atoms with E-state index in [0.29, 0.717) is 12.3 Å². The molecular weight excluding hydrogens is 298 g/mol.